The monoisotopic (exact) mass is 435 g/mol. The molecule has 0 spiro atoms. The van der Waals surface area contributed by atoms with Gasteiger partial charge >= 0.3 is 0 Å². The number of benzene rings is 1. The van der Waals surface area contributed by atoms with Gasteiger partial charge in [0.05, 0.1) is 5.69 Å². The van der Waals surface area contributed by atoms with E-state index in [4.69, 9.17) is 27.9 Å². The van der Waals surface area contributed by atoms with Gasteiger partial charge in [-0.3, -0.25) is 9.48 Å². The van der Waals surface area contributed by atoms with Crippen molar-refractivity contribution in [3.8, 4) is 5.75 Å². The topological polar surface area (TPSA) is 74.0 Å². The number of carbonyl (C=O) groups is 1. The molecule has 1 N–H and O–H groups in total. The molecule has 154 valence electrons. The van der Waals surface area contributed by atoms with Crippen molar-refractivity contribution >= 4 is 29.1 Å². The van der Waals surface area contributed by atoms with Crippen LogP contribution in [0.5, 0.6) is 5.75 Å². The van der Waals surface area contributed by atoms with Crippen molar-refractivity contribution in [3.05, 3.63) is 63.2 Å². The van der Waals surface area contributed by atoms with E-state index in [1.807, 2.05) is 32.0 Å². The van der Waals surface area contributed by atoms with Crippen LogP contribution in [0, 0.1) is 20.8 Å². The summed E-state index contributed by atoms with van der Waals surface area (Å²) in [7, 11) is 0. The smallest absolute Gasteiger partial charge is 0.271 e. The first-order valence-electron chi connectivity index (χ1n) is 9.25. The fourth-order valence-electron chi connectivity index (χ4n) is 2.75. The van der Waals surface area contributed by atoms with Crippen molar-refractivity contribution in [2.45, 2.75) is 40.5 Å². The maximum atomic E-state index is 12.3. The van der Waals surface area contributed by atoms with Crippen LogP contribution in [0.25, 0.3) is 0 Å². The SMILES string of the molecule is Cc1ccc(C)c(OCn2ccc(C(=O)NCCCn3nc(C)c(Cl)c3Cl)n2)c1. The highest BCUT2D eigenvalue weighted by Crippen LogP contribution is 2.25. The van der Waals surface area contributed by atoms with E-state index in [2.05, 4.69) is 15.5 Å². The molecule has 0 radical (unpaired) electrons. The summed E-state index contributed by atoms with van der Waals surface area (Å²) in [4.78, 5) is 12.3. The predicted octanol–water partition coefficient (Wildman–Crippen LogP) is 4.17. The zero-order chi connectivity index (χ0) is 21.0. The fourth-order valence-corrected chi connectivity index (χ4v) is 3.15. The largest absolute Gasteiger partial charge is 0.471 e. The summed E-state index contributed by atoms with van der Waals surface area (Å²) >= 11 is 12.1. The van der Waals surface area contributed by atoms with Gasteiger partial charge in [-0.2, -0.15) is 10.2 Å². The Morgan fingerprint density at radius 3 is 2.69 bits per heavy atom. The number of carbonyl (C=O) groups excluding carboxylic acids is 1. The Labute approximate surface area is 179 Å². The van der Waals surface area contributed by atoms with Gasteiger partial charge in [0.25, 0.3) is 5.91 Å². The molecule has 0 bridgehead atoms. The highest BCUT2D eigenvalue weighted by Gasteiger charge is 2.12. The number of rotatable bonds is 8. The number of aryl methyl sites for hydroxylation is 4. The van der Waals surface area contributed by atoms with Gasteiger partial charge in [0, 0.05) is 19.3 Å². The quantitative estimate of drug-likeness (QED) is 0.538. The molecule has 3 aromatic rings. The van der Waals surface area contributed by atoms with Gasteiger partial charge in [0.1, 0.15) is 21.6 Å². The summed E-state index contributed by atoms with van der Waals surface area (Å²) in [6.45, 7) is 7.06. The molecule has 0 saturated heterocycles. The van der Waals surface area contributed by atoms with E-state index in [1.54, 1.807) is 28.6 Å². The zero-order valence-corrected chi connectivity index (χ0v) is 18.1. The Balaban J connectivity index is 1.46. The van der Waals surface area contributed by atoms with Crippen LogP contribution in [0.1, 0.15) is 33.7 Å². The predicted molar refractivity (Wildman–Crippen MR) is 113 cm³/mol. The minimum absolute atomic E-state index is 0.232. The molecular weight excluding hydrogens is 413 g/mol. The highest BCUT2D eigenvalue weighted by molar-refractivity contribution is 6.41. The van der Waals surface area contributed by atoms with Crippen LogP contribution in [0.4, 0.5) is 0 Å². The van der Waals surface area contributed by atoms with E-state index in [9.17, 15) is 4.79 Å². The van der Waals surface area contributed by atoms with Gasteiger partial charge in [-0.05, 0) is 50.5 Å². The van der Waals surface area contributed by atoms with Crippen LogP contribution in [0.2, 0.25) is 10.2 Å². The molecule has 0 saturated carbocycles. The molecule has 9 heteroatoms. The van der Waals surface area contributed by atoms with E-state index in [0.29, 0.717) is 41.1 Å². The Morgan fingerprint density at radius 1 is 1.17 bits per heavy atom. The van der Waals surface area contributed by atoms with Crippen molar-refractivity contribution in [1.29, 1.82) is 0 Å². The molecular formula is C20H23Cl2N5O2. The summed E-state index contributed by atoms with van der Waals surface area (Å²) in [5, 5.41) is 12.2. The third-order valence-electron chi connectivity index (χ3n) is 4.40. The van der Waals surface area contributed by atoms with Gasteiger partial charge in [0.15, 0.2) is 6.73 Å². The van der Waals surface area contributed by atoms with Crippen LogP contribution < -0.4 is 10.1 Å². The van der Waals surface area contributed by atoms with Crippen molar-refractivity contribution in [2.24, 2.45) is 0 Å². The molecule has 29 heavy (non-hydrogen) atoms. The maximum Gasteiger partial charge on any atom is 0.271 e. The molecule has 3 rings (SSSR count). The zero-order valence-electron chi connectivity index (χ0n) is 16.6. The van der Waals surface area contributed by atoms with Crippen molar-refractivity contribution in [1.82, 2.24) is 24.9 Å². The first kappa shape index (κ1) is 21.2. The summed E-state index contributed by atoms with van der Waals surface area (Å²) < 4.78 is 9.02. The molecule has 7 nitrogen and oxygen atoms in total. The van der Waals surface area contributed by atoms with E-state index in [-0.39, 0.29) is 12.6 Å². The van der Waals surface area contributed by atoms with Crippen LogP contribution >= 0.6 is 23.2 Å². The third-order valence-corrected chi connectivity index (χ3v) is 5.33. The Bertz CT molecular complexity index is 1010. The number of amides is 1. The number of nitrogens with one attached hydrogen (secondary N) is 1. The van der Waals surface area contributed by atoms with E-state index in [0.717, 1.165) is 16.9 Å². The summed E-state index contributed by atoms with van der Waals surface area (Å²) in [6, 6.07) is 7.69. The second kappa shape index (κ2) is 9.33. The molecule has 2 heterocycles. The molecule has 2 aromatic heterocycles. The Morgan fingerprint density at radius 2 is 1.97 bits per heavy atom. The Hall–Kier alpha value is -2.51. The summed E-state index contributed by atoms with van der Waals surface area (Å²) in [5.41, 5.74) is 3.20. The normalized spacial score (nSPS) is 10.9. The number of aromatic nitrogens is 4. The van der Waals surface area contributed by atoms with E-state index in [1.165, 1.54) is 0 Å². The second-order valence-electron chi connectivity index (χ2n) is 6.81. The number of hydrogen-bond acceptors (Lipinski definition) is 4. The lowest BCUT2D eigenvalue weighted by molar-refractivity contribution is 0.0945. The Kier molecular flexibility index (Phi) is 6.82. The summed E-state index contributed by atoms with van der Waals surface area (Å²) in [6.07, 6.45) is 2.38. The van der Waals surface area contributed by atoms with Gasteiger partial charge in [-0.15, -0.1) is 0 Å². The molecule has 0 unspecified atom stereocenters. The lowest BCUT2D eigenvalue weighted by Crippen LogP contribution is -2.26. The number of hydrogen-bond donors (Lipinski definition) is 1. The number of ether oxygens (including phenoxy) is 1. The molecule has 0 aliphatic carbocycles. The molecule has 0 fully saturated rings. The average molecular weight is 436 g/mol. The lowest BCUT2D eigenvalue weighted by atomic mass is 10.1. The van der Waals surface area contributed by atoms with Crippen LogP contribution in [-0.2, 0) is 13.3 Å². The average Bonchev–Trinajstić information content (AvgIpc) is 3.27. The van der Waals surface area contributed by atoms with Crippen molar-refractivity contribution in [2.75, 3.05) is 6.54 Å². The number of nitrogens with zero attached hydrogens (tertiary/aromatic N) is 4. The maximum absolute atomic E-state index is 12.3. The molecule has 0 atom stereocenters. The van der Waals surface area contributed by atoms with E-state index < -0.39 is 0 Å². The second-order valence-corrected chi connectivity index (χ2v) is 7.54. The molecule has 0 aliphatic heterocycles. The van der Waals surface area contributed by atoms with Crippen LogP contribution in [0.15, 0.2) is 30.5 Å². The fraction of sp³-hybridized carbons (Fsp3) is 0.350. The molecule has 0 aliphatic rings. The van der Waals surface area contributed by atoms with Crippen LogP contribution in [-0.4, -0.2) is 32.0 Å². The van der Waals surface area contributed by atoms with Gasteiger partial charge in [-0.25, -0.2) is 4.68 Å². The van der Waals surface area contributed by atoms with Gasteiger partial charge in [0.2, 0.25) is 0 Å². The first-order valence-corrected chi connectivity index (χ1v) is 10.0. The van der Waals surface area contributed by atoms with Crippen molar-refractivity contribution < 1.29 is 9.53 Å². The number of halogens is 2. The third kappa shape index (κ3) is 5.31. The minimum Gasteiger partial charge on any atom is -0.471 e. The highest BCUT2D eigenvalue weighted by atomic mass is 35.5. The summed E-state index contributed by atoms with van der Waals surface area (Å²) in [5.74, 6) is 0.565. The molecule has 1 amide bonds. The minimum atomic E-state index is -0.240. The standard InChI is InChI=1S/C20H23Cl2N5O2/c1-13-5-6-14(2)17(11-13)29-12-26-10-7-16(25-26)20(28)23-8-4-9-27-19(22)18(21)15(3)24-27/h5-7,10-11H,4,8-9,12H2,1-3H3,(H,23,28). The van der Waals surface area contributed by atoms with Gasteiger partial charge in [-0.1, -0.05) is 35.3 Å². The van der Waals surface area contributed by atoms with Crippen molar-refractivity contribution in [3.63, 3.8) is 0 Å². The van der Waals surface area contributed by atoms with Gasteiger partial charge < -0.3 is 10.1 Å². The lowest BCUT2D eigenvalue weighted by Gasteiger charge is -2.09. The van der Waals surface area contributed by atoms with E-state index >= 15 is 0 Å². The first-order chi connectivity index (χ1) is 13.8. The van der Waals surface area contributed by atoms with Crippen LogP contribution in [0.3, 0.4) is 0 Å². The molecule has 1 aromatic carbocycles.